The van der Waals surface area contributed by atoms with E-state index in [2.05, 4.69) is 13.8 Å². The van der Waals surface area contributed by atoms with E-state index in [9.17, 15) is 4.79 Å². The Bertz CT molecular complexity index is 267. The van der Waals surface area contributed by atoms with Crippen LogP contribution in [0.3, 0.4) is 0 Å². The molecule has 2 heteroatoms. The number of carboxylic acid groups (broad SMARTS) is 1. The van der Waals surface area contributed by atoms with Crippen LogP contribution in [0.2, 0.25) is 0 Å². The lowest BCUT2D eigenvalue weighted by Crippen LogP contribution is -2.28. The lowest BCUT2D eigenvalue weighted by molar-refractivity contribution is -0.142. The normalized spacial score (nSPS) is 22.2. The molecule has 2 nitrogen and oxygen atoms in total. The third kappa shape index (κ3) is 1.74. The predicted octanol–water partition coefficient (Wildman–Crippen LogP) is 3.01. The lowest BCUT2D eigenvalue weighted by Gasteiger charge is -2.31. The van der Waals surface area contributed by atoms with Crippen molar-refractivity contribution in [2.24, 2.45) is 10.8 Å². The van der Waals surface area contributed by atoms with Gasteiger partial charge in [-0.2, -0.15) is 0 Å². The zero-order chi connectivity index (χ0) is 10.8. The second-order valence-electron chi connectivity index (χ2n) is 4.19. The Hall–Kier alpha value is -1.05. The first-order valence-corrected chi connectivity index (χ1v) is 5.12. The van der Waals surface area contributed by atoms with Gasteiger partial charge in [0.1, 0.15) is 5.41 Å². The quantitative estimate of drug-likeness (QED) is 0.701. The summed E-state index contributed by atoms with van der Waals surface area (Å²) in [5, 5.41) is 9.01. The summed E-state index contributed by atoms with van der Waals surface area (Å²) >= 11 is 0. The molecule has 0 saturated heterocycles. The molecular formula is C12H18O2. The minimum Gasteiger partial charge on any atom is -0.480 e. The Morgan fingerprint density at radius 3 is 1.86 bits per heavy atom. The molecule has 0 aromatic rings. The minimum absolute atomic E-state index is 0.0783. The van der Waals surface area contributed by atoms with E-state index in [-0.39, 0.29) is 5.41 Å². The van der Waals surface area contributed by atoms with Crippen molar-refractivity contribution in [3.63, 3.8) is 0 Å². The number of hydrogen-bond donors (Lipinski definition) is 1. The third-order valence-electron chi connectivity index (χ3n) is 3.30. The van der Waals surface area contributed by atoms with E-state index in [1.165, 1.54) is 0 Å². The maximum absolute atomic E-state index is 11.0. The summed E-state index contributed by atoms with van der Waals surface area (Å²) in [6.07, 6.45) is 9.74. The molecular weight excluding hydrogens is 176 g/mol. The van der Waals surface area contributed by atoms with Crippen molar-refractivity contribution in [2.45, 2.75) is 33.6 Å². The molecule has 0 heterocycles. The molecule has 14 heavy (non-hydrogen) atoms. The van der Waals surface area contributed by atoms with Crippen molar-refractivity contribution in [1.29, 1.82) is 0 Å². The fourth-order valence-electron chi connectivity index (χ4n) is 1.65. The fourth-order valence-corrected chi connectivity index (χ4v) is 1.65. The van der Waals surface area contributed by atoms with Crippen LogP contribution in [0.25, 0.3) is 0 Å². The molecule has 0 unspecified atom stereocenters. The van der Waals surface area contributed by atoms with Crippen molar-refractivity contribution in [3.05, 3.63) is 24.3 Å². The molecule has 0 aromatic heterocycles. The molecule has 1 aliphatic carbocycles. The van der Waals surface area contributed by atoms with Crippen molar-refractivity contribution >= 4 is 5.97 Å². The molecule has 1 aliphatic rings. The van der Waals surface area contributed by atoms with E-state index in [4.69, 9.17) is 5.11 Å². The highest BCUT2D eigenvalue weighted by Gasteiger charge is 2.33. The van der Waals surface area contributed by atoms with Crippen molar-refractivity contribution in [3.8, 4) is 0 Å². The van der Waals surface area contributed by atoms with E-state index in [1.54, 1.807) is 6.92 Å². The molecule has 1 rings (SSSR count). The van der Waals surface area contributed by atoms with Gasteiger partial charge in [-0.15, -0.1) is 0 Å². The topological polar surface area (TPSA) is 37.3 Å². The first-order chi connectivity index (χ1) is 6.48. The first kappa shape index (κ1) is 11.0. The van der Waals surface area contributed by atoms with Crippen LogP contribution in [0.1, 0.15) is 33.6 Å². The van der Waals surface area contributed by atoms with Gasteiger partial charge in [0, 0.05) is 5.41 Å². The Morgan fingerprint density at radius 1 is 1.14 bits per heavy atom. The molecule has 0 aromatic carbocycles. The summed E-state index contributed by atoms with van der Waals surface area (Å²) in [6.45, 7) is 5.97. The zero-order valence-corrected chi connectivity index (χ0v) is 9.08. The van der Waals surface area contributed by atoms with Gasteiger partial charge < -0.3 is 5.11 Å². The maximum Gasteiger partial charge on any atom is 0.317 e. The van der Waals surface area contributed by atoms with Gasteiger partial charge in [-0.1, -0.05) is 38.2 Å². The molecule has 0 spiro atoms. The van der Waals surface area contributed by atoms with Crippen LogP contribution in [0.4, 0.5) is 0 Å². The van der Waals surface area contributed by atoms with Crippen LogP contribution in [0.5, 0.6) is 0 Å². The predicted molar refractivity (Wildman–Crippen MR) is 57.0 cm³/mol. The average Bonchev–Trinajstić information content (AvgIpc) is 2.20. The van der Waals surface area contributed by atoms with Crippen LogP contribution in [-0.4, -0.2) is 11.1 Å². The number of carbonyl (C=O) groups is 1. The van der Waals surface area contributed by atoms with E-state index in [0.29, 0.717) is 0 Å². The number of allylic oxidation sites excluding steroid dienone is 2. The summed E-state index contributed by atoms with van der Waals surface area (Å²) in [6, 6.07) is 0. The standard InChI is InChI=1S/C12H18O2/c1-4-12(5-2)8-6-11(3,7-9-12)10(13)14/h6-9H,4-5H2,1-3H3,(H,13,14). The van der Waals surface area contributed by atoms with Crippen molar-refractivity contribution < 1.29 is 9.90 Å². The number of aliphatic carboxylic acids is 1. The Kier molecular flexibility index (Phi) is 2.84. The van der Waals surface area contributed by atoms with Crippen LogP contribution in [0, 0.1) is 10.8 Å². The van der Waals surface area contributed by atoms with Gasteiger partial charge in [0.25, 0.3) is 0 Å². The molecule has 0 bridgehead atoms. The van der Waals surface area contributed by atoms with Gasteiger partial charge in [-0.3, -0.25) is 4.79 Å². The average molecular weight is 194 g/mol. The smallest absolute Gasteiger partial charge is 0.317 e. The van der Waals surface area contributed by atoms with Gasteiger partial charge in [-0.05, 0) is 19.8 Å². The fraction of sp³-hybridized carbons (Fsp3) is 0.583. The van der Waals surface area contributed by atoms with Crippen LogP contribution < -0.4 is 0 Å². The summed E-state index contributed by atoms with van der Waals surface area (Å²) in [5.74, 6) is -0.786. The highest BCUT2D eigenvalue weighted by Crippen LogP contribution is 2.38. The molecule has 0 saturated carbocycles. The number of hydrogen-bond acceptors (Lipinski definition) is 1. The van der Waals surface area contributed by atoms with E-state index >= 15 is 0 Å². The van der Waals surface area contributed by atoms with E-state index < -0.39 is 11.4 Å². The number of carboxylic acids is 1. The molecule has 78 valence electrons. The van der Waals surface area contributed by atoms with Crippen molar-refractivity contribution in [1.82, 2.24) is 0 Å². The highest BCUT2D eigenvalue weighted by molar-refractivity contribution is 5.79. The van der Waals surface area contributed by atoms with Gasteiger partial charge in [0.2, 0.25) is 0 Å². The molecule has 0 amide bonds. The van der Waals surface area contributed by atoms with Crippen LogP contribution in [-0.2, 0) is 4.79 Å². The first-order valence-electron chi connectivity index (χ1n) is 5.12. The van der Waals surface area contributed by atoms with Crippen molar-refractivity contribution in [2.75, 3.05) is 0 Å². The second-order valence-corrected chi connectivity index (χ2v) is 4.19. The Labute approximate surface area is 85.3 Å². The SMILES string of the molecule is CCC1(CC)C=CC(C)(C(=O)O)C=C1. The summed E-state index contributed by atoms with van der Waals surface area (Å²) < 4.78 is 0. The molecule has 0 radical (unpaired) electrons. The third-order valence-corrected chi connectivity index (χ3v) is 3.30. The Morgan fingerprint density at radius 2 is 1.57 bits per heavy atom. The molecule has 0 atom stereocenters. The van der Waals surface area contributed by atoms with Gasteiger partial charge in [0.15, 0.2) is 0 Å². The highest BCUT2D eigenvalue weighted by atomic mass is 16.4. The van der Waals surface area contributed by atoms with Gasteiger partial charge in [-0.25, -0.2) is 0 Å². The lowest BCUT2D eigenvalue weighted by atomic mass is 9.73. The molecule has 1 N–H and O–H groups in total. The van der Waals surface area contributed by atoms with Gasteiger partial charge in [0.05, 0.1) is 0 Å². The molecule has 0 aliphatic heterocycles. The minimum atomic E-state index is -0.812. The summed E-state index contributed by atoms with van der Waals surface area (Å²) in [5.41, 5.74) is -0.733. The monoisotopic (exact) mass is 194 g/mol. The van der Waals surface area contributed by atoms with Gasteiger partial charge >= 0.3 is 5.97 Å². The summed E-state index contributed by atoms with van der Waals surface area (Å²) in [7, 11) is 0. The Balaban J connectivity index is 2.94. The second kappa shape index (κ2) is 3.60. The maximum atomic E-state index is 11.0. The molecule has 0 fully saturated rings. The van der Waals surface area contributed by atoms with E-state index in [1.807, 2.05) is 24.3 Å². The number of rotatable bonds is 3. The van der Waals surface area contributed by atoms with E-state index in [0.717, 1.165) is 12.8 Å². The van der Waals surface area contributed by atoms with Crippen LogP contribution in [0.15, 0.2) is 24.3 Å². The largest absolute Gasteiger partial charge is 0.480 e. The summed E-state index contributed by atoms with van der Waals surface area (Å²) in [4.78, 5) is 11.0. The van der Waals surface area contributed by atoms with Crippen LogP contribution >= 0.6 is 0 Å². The zero-order valence-electron chi connectivity index (χ0n) is 9.08.